The highest BCUT2D eigenvalue weighted by Crippen LogP contribution is 2.08. The molecule has 0 fully saturated rings. The third-order valence-electron chi connectivity index (χ3n) is 1.61. The van der Waals surface area contributed by atoms with Crippen LogP contribution in [-0.4, -0.2) is 5.78 Å². The lowest BCUT2D eigenvalue weighted by Crippen LogP contribution is -1.95. The van der Waals surface area contributed by atoms with Crippen LogP contribution in [0.25, 0.3) is 0 Å². The summed E-state index contributed by atoms with van der Waals surface area (Å²) >= 11 is 0. The van der Waals surface area contributed by atoms with Gasteiger partial charge < -0.3 is 0 Å². The van der Waals surface area contributed by atoms with Gasteiger partial charge in [0.25, 0.3) is 0 Å². The van der Waals surface area contributed by atoms with Crippen LogP contribution in [-0.2, 0) is 0 Å². The van der Waals surface area contributed by atoms with Crippen molar-refractivity contribution in [1.82, 2.24) is 0 Å². The normalized spacial score (nSPS) is 9.08. The molecule has 1 aromatic rings. The van der Waals surface area contributed by atoms with Crippen molar-refractivity contribution in [2.75, 3.05) is 0 Å². The van der Waals surface area contributed by atoms with Crippen molar-refractivity contribution in [1.29, 1.82) is 0 Å². The summed E-state index contributed by atoms with van der Waals surface area (Å²) in [5.41, 5.74) is 2.73. The second-order valence-electron chi connectivity index (χ2n) is 2.85. The van der Waals surface area contributed by atoms with Gasteiger partial charge in [0.15, 0.2) is 0 Å². The van der Waals surface area contributed by atoms with Gasteiger partial charge in [0.1, 0.15) is 0 Å². The number of rotatable bonds is 1. The van der Waals surface area contributed by atoms with Crippen LogP contribution in [0.2, 0.25) is 0 Å². The van der Waals surface area contributed by atoms with Gasteiger partial charge in [-0.15, -0.1) is 6.42 Å². The summed E-state index contributed by atoms with van der Waals surface area (Å²) in [6.07, 6.45) is 5.00. The first-order valence-electron chi connectivity index (χ1n) is 3.72. The van der Waals surface area contributed by atoms with Crippen molar-refractivity contribution in [2.45, 2.75) is 13.8 Å². The molecule has 12 heavy (non-hydrogen) atoms. The molecule has 0 radical (unpaired) electrons. The van der Waals surface area contributed by atoms with Crippen molar-refractivity contribution in [3.05, 3.63) is 34.9 Å². The molecule has 1 rings (SSSR count). The van der Waals surface area contributed by atoms with Crippen molar-refractivity contribution in [3.63, 3.8) is 0 Å². The molecule has 0 atom stereocenters. The lowest BCUT2D eigenvalue weighted by molar-refractivity contribution is 0.105. The van der Waals surface area contributed by atoms with E-state index in [1.165, 1.54) is 0 Å². The first kappa shape index (κ1) is 8.55. The van der Waals surface area contributed by atoms with Gasteiger partial charge in [-0.2, -0.15) is 0 Å². The fraction of sp³-hybridized carbons (Fsp3) is 0.182. The maximum atomic E-state index is 11.1. The number of carbonyl (C=O) groups is 1. The van der Waals surface area contributed by atoms with Crippen LogP contribution in [0.4, 0.5) is 0 Å². The number of Topliss-reactive ketones (excluding diaryl/α,β-unsaturated/α-hetero) is 1. The van der Waals surface area contributed by atoms with E-state index in [9.17, 15) is 4.79 Å². The van der Waals surface area contributed by atoms with Crippen LogP contribution in [0.1, 0.15) is 21.5 Å². The summed E-state index contributed by atoms with van der Waals surface area (Å²) in [5, 5.41) is 0. The zero-order valence-electron chi connectivity index (χ0n) is 7.22. The Morgan fingerprint density at radius 2 is 1.75 bits per heavy atom. The monoisotopic (exact) mass is 158 g/mol. The topological polar surface area (TPSA) is 17.1 Å². The fourth-order valence-corrected chi connectivity index (χ4v) is 1.19. The molecule has 0 saturated carbocycles. The van der Waals surface area contributed by atoms with Crippen LogP contribution < -0.4 is 0 Å². The highest BCUT2D eigenvalue weighted by molar-refractivity contribution is 6.08. The standard InChI is InChI=1S/C11H10O/c1-4-11(12)10-6-8(2)5-9(3)7-10/h1,5-7H,2-3H3. The van der Waals surface area contributed by atoms with Crippen molar-refractivity contribution < 1.29 is 4.79 Å². The minimum Gasteiger partial charge on any atom is -0.279 e. The molecule has 0 unspecified atom stereocenters. The van der Waals surface area contributed by atoms with Gasteiger partial charge in [0, 0.05) is 5.56 Å². The van der Waals surface area contributed by atoms with Crippen molar-refractivity contribution in [3.8, 4) is 12.3 Å². The molecule has 0 spiro atoms. The molecule has 0 saturated heterocycles. The Hall–Kier alpha value is -1.55. The minimum atomic E-state index is -0.248. The van der Waals surface area contributed by atoms with E-state index < -0.39 is 0 Å². The molecular weight excluding hydrogens is 148 g/mol. The van der Waals surface area contributed by atoms with E-state index in [4.69, 9.17) is 6.42 Å². The molecule has 1 heteroatoms. The zero-order chi connectivity index (χ0) is 9.14. The third-order valence-corrected chi connectivity index (χ3v) is 1.61. The van der Waals surface area contributed by atoms with Gasteiger partial charge >= 0.3 is 0 Å². The van der Waals surface area contributed by atoms with Gasteiger partial charge in [0.05, 0.1) is 0 Å². The Balaban J connectivity index is 3.19. The van der Waals surface area contributed by atoms with Crippen LogP contribution >= 0.6 is 0 Å². The number of carbonyl (C=O) groups excluding carboxylic acids is 1. The summed E-state index contributed by atoms with van der Waals surface area (Å²) < 4.78 is 0. The first-order valence-corrected chi connectivity index (χ1v) is 3.72. The molecule has 0 aliphatic carbocycles. The Morgan fingerprint density at radius 3 is 2.17 bits per heavy atom. The number of terminal acetylenes is 1. The predicted molar refractivity (Wildman–Crippen MR) is 49.1 cm³/mol. The zero-order valence-corrected chi connectivity index (χ0v) is 7.22. The second kappa shape index (κ2) is 3.23. The number of hydrogen-bond donors (Lipinski definition) is 0. The van der Waals surface area contributed by atoms with E-state index in [0.717, 1.165) is 11.1 Å². The first-order chi connectivity index (χ1) is 5.63. The van der Waals surface area contributed by atoms with E-state index >= 15 is 0 Å². The fourth-order valence-electron chi connectivity index (χ4n) is 1.19. The SMILES string of the molecule is C#CC(=O)c1cc(C)cc(C)c1. The van der Waals surface area contributed by atoms with E-state index in [2.05, 4.69) is 5.92 Å². The van der Waals surface area contributed by atoms with Gasteiger partial charge in [0.2, 0.25) is 5.78 Å². The number of hydrogen-bond acceptors (Lipinski definition) is 1. The Morgan fingerprint density at radius 1 is 1.25 bits per heavy atom. The lowest BCUT2D eigenvalue weighted by Gasteiger charge is -1.99. The smallest absolute Gasteiger partial charge is 0.235 e. The lowest BCUT2D eigenvalue weighted by atomic mass is 10.0. The van der Waals surface area contributed by atoms with Crippen molar-refractivity contribution in [2.24, 2.45) is 0 Å². The molecule has 0 aliphatic heterocycles. The van der Waals surface area contributed by atoms with E-state index in [1.54, 1.807) is 12.1 Å². The molecule has 0 heterocycles. The second-order valence-corrected chi connectivity index (χ2v) is 2.85. The predicted octanol–water partition coefficient (Wildman–Crippen LogP) is 2.12. The molecular formula is C11H10O. The average Bonchev–Trinajstić information content (AvgIpc) is 2.01. The maximum absolute atomic E-state index is 11.1. The Bertz CT molecular complexity index is 336. The number of benzene rings is 1. The van der Waals surface area contributed by atoms with Gasteiger partial charge in [-0.3, -0.25) is 4.79 Å². The Labute approximate surface area is 72.4 Å². The Kier molecular flexibility index (Phi) is 2.30. The summed E-state index contributed by atoms with van der Waals surface area (Å²) in [5.74, 6) is 1.85. The summed E-state index contributed by atoms with van der Waals surface area (Å²) in [6.45, 7) is 3.89. The maximum Gasteiger partial charge on any atom is 0.235 e. The highest BCUT2D eigenvalue weighted by Gasteiger charge is 2.01. The number of aryl methyl sites for hydroxylation is 2. The number of ketones is 1. The molecule has 0 aromatic heterocycles. The van der Waals surface area contributed by atoms with E-state index in [0.29, 0.717) is 5.56 Å². The van der Waals surface area contributed by atoms with Crippen LogP contribution in [0.5, 0.6) is 0 Å². The van der Waals surface area contributed by atoms with Gasteiger partial charge in [-0.25, -0.2) is 0 Å². The summed E-state index contributed by atoms with van der Waals surface area (Å²) in [6, 6.07) is 5.61. The van der Waals surface area contributed by atoms with Crippen LogP contribution in [0.15, 0.2) is 18.2 Å². The molecule has 1 nitrogen and oxygen atoms in total. The molecule has 0 aliphatic rings. The van der Waals surface area contributed by atoms with Gasteiger partial charge in [-0.05, 0) is 31.9 Å². The molecule has 60 valence electrons. The molecule has 1 aromatic carbocycles. The third kappa shape index (κ3) is 1.73. The van der Waals surface area contributed by atoms with Crippen molar-refractivity contribution >= 4 is 5.78 Å². The largest absolute Gasteiger partial charge is 0.279 e. The minimum absolute atomic E-state index is 0.248. The van der Waals surface area contributed by atoms with E-state index in [-0.39, 0.29) is 5.78 Å². The highest BCUT2D eigenvalue weighted by atomic mass is 16.1. The molecule has 0 bridgehead atoms. The van der Waals surface area contributed by atoms with Gasteiger partial charge in [-0.1, -0.05) is 17.2 Å². The quantitative estimate of drug-likeness (QED) is 0.347. The molecule has 0 N–H and O–H groups in total. The average molecular weight is 158 g/mol. The summed E-state index contributed by atoms with van der Waals surface area (Å²) in [4.78, 5) is 11.1. The summed E-state index contributed by atoms with van der Waals surface area (Å²) in [7, 11) is 0. The van der Waals surface area contributed by atoms with Crippen LogP contribution in [0.3, 0.4) is 0 Å². The van der Waals surface area contributed by atoms with Crippen LogP contribution in [0, 0.1) is 26.2 Å². The molecule has 0 amide bonds. The van der Waals surface area contributed by atoms with E-state index in [1.807, 2.05) is 19.9 Å².